The van der Waals surface area contributed by atoms with E-state index in [2.05, 4.69) is 20.8 Å². The van der Waals surface area contributed by atoms with E-state index in [0.717, 1.165) is 12.8 Å². The topological polar surface area (TPSA) is 40.5 Å². The fraction of sp³-hybridized carbons (Fsp3) is 1.00. The second-order valence-corrected chi connectivity index (χ2v) is 7.22. The molecule has 2 heteroatoms. The van der Waals surface area contributed by atoms with E-state index in [0.29, 0.717) is 17.3 Å². The highest BCUT2D eigenvalue weighted by Crippen LogP contribution is 2.58. The Morgan fingerprint density at radius 3 is 2.12 bits per heavy atom. The molecule has 2 bridgehead atoms. The van der Waals surface area contributed by atoms with E-state index in [1.807, 2.05) is 6.92 Å². The zero-order chi connectivity index (χ0) is 12.4. The molecule has 2 nitrogen and oxygen atoms in total. The predicted molar refractivity (Wildman–Crippen MR) is 65.0 cm³/mol. The first-order valence-electron chi connectivity index (χ1n) is 6.54. The summed E-state index contributed by atoms with van der Waals surface area (Å²) in [5, 5.41) is 21.1. The highest BCUT2D eigenvalue weighted by Gasteiger charge is 2.60. The molecule has 0 amide bonds. The lowest BCUT2D eigenvalue weighted by Crippen LogP contribution is -2.65. The summed E-state index contributed by atoms with van der Waals surface area (Å²) in [5.41, 5.74) is -1.57. The van der Waals surface area contributed by atoms with Crippen LogP contribution in [0.25, 0.3) is 0 Å². The van der Waals surface area contributed by atoms with Crippen molar-refractivity contribution in [1.29, 1.82) is 0 Å². The van der Waals surface area contributed by atoms with Crippen molar-refractivity contribution in [2.24, 2.45) is 23.2 Å². The largest absolute Gasteiger partial charge is 0.387 e. The molecule has 2 N–H and O–H groups in total. The van der Waals surface area contributed by atoms with Gasteiger partial charge in [-0.25, -0.2) is 0 Å². The Kier molecular flexibility index (Phi) is 2.50. The van der Waals surface area contributed by atoms with E-state index in [-0.39, 0.29) is 5.92 Å². The van der Waals surface area contributed by atoms with Crippen molar-refractivity contribution in [2.75, 3.05) is 0 Å². The van der Waals surface area contributed by atoms with E-state index < -0.39 is 11.2 Å². The molecule has 0 aromatic carbocycles. The van der Waals surface area contributed by atoms with Crippen LogP contribution in [-0.4, -0.2) is 21.4 Å². The van der Waals surface area contributed by atoms with Crippen LogP contribution in [-0.2, 0) is 0 Å². The molecule has 2 rings (SSSR count). The van der Waals surface area contributed by atoms with E-state index in [1.165, 1.54) is 6.42 Å². The van der Waals surface area contributed by atoms with Gasteiger partial charge in [-0.05, 0) is 56.3 Å². The Hall–Kier alpha value is -0.0800. The molecular formula is C14H26O2. The number of rotatable bonds is 0. The lowest BCUT2D eigenvalue weighted by atomic mass is 9.48. The number of fused-ring (bicyclic) bond motifs is 2. The summed E-state index contributed by atoms with van der Waals surface area (Å²) >= 11 is 0. The van der Waals surface area contributed by atoms with Crippen LogP contribution in [0.15, 0.2) is 0 Å². The molecule has 0 radical (unpaired) electrons. The van der Waals surface area contributed by atoms with Gasteiger partial charge in [0.1, 0.15) is 0 Å². The summed E-state index contributed by atoms with van der Waals surface area (Å²) in [6.07, 6.45) is 2.93. The minimum atomic E-state index is -0.938. The molecule has 0 aromatic heterocycles. The second kappa shape index (κ2) is 3.23. The van der Waals surface area contributed by atoms with Gasteiger partial charge in [-0.2, -0.15) is 0 Å². The fourth-order valence-electron chi connectivity index (χ4n) is 4.26. The molecule has 0 aromatic rings. The Morgan fingerprint density at radius 2 is 1.56 bits per heavy atom. The first kappa shape index (κ1) is 12.4. The van der Waals surface area contributed by atoms with Crippen LogP contribution >= 0.6 is 0 Å². The average Bonchev–Trinajstić information content (AvgIpc) is 2.09. The van der Waals surface area contributed by atoms with Gasteiger partial charge < -0.3 is 10.2 Å². The van der Waals surface area contributed by atoms with Gasteiger partial charge >= 0.3 is 0 Å². The van der Waals surface area contributed by atoms with E-state index in [9.17, 15) is 10.2 Å². The van der Waals surface area contributed by atoms with Crippen molar-refractivity contribution in [3.63, 3.8) is 0 Å². The summed E-state index contributed by atoms with van der Waals surface area (Å²) in [7, 11) is 0. The fourth-order valence-corrected chi connectivity index (χ4v) is 4.26. The van der Waals surface area contributed by atoms with Crippen LogP contribution < -0.4 is 0 Å². The van der Waals surface area contributed by atoms with Gasteiger partial charge in [0.05, 0.1) is 11.2 Å². The third-order valence-corrected chi connectivity index (χ3v) is 5.80. The molecule has 5 atom stereocenters. The maximum Gasteiger partial charge on any atom is 0.0933 e. The quantitative estimate of drug-likeness (QED) is 0.666. The van der Waals surface area contributed by atoms with Crippen LogP contribution in [0.2, 0.25) is 0 Å². The van der Waals surface area contributed by atoms with Crippen LogP contribution in [0, 0.1) is 23.2 Å². The van der Waals surface area contributed by atoms with E-state index in [4.69, 9.17) is 0 Å². The molecule has 0 spiro atoms. The van der Waals surface area contributed by atoms with Crippen LogP contribution in [0.3, 0.4) is 0 Å². The van der Waals surface area contributed by atoms with E-state index in [1.54, 1.807) is 6.92 Å². The second-order valence-electron chi connectivity index (χ2n) is 7.22. The van der Waals surface area contributed by atoms with Crippen molar-refractivity contribution in [1.82, 2.24) is 0 Å². The Balaban J connectivity index is 2.39. The monoisotopic (exact) mass is 226 g/mol. The van der Waals surface area contributed by atoms with Crippen molar-refractivity contribution in [2.45, 2.75) is 65.1 Å². The van der Waals surface area contributed by atoms with Gasteiger partial charge in [-0.15, -0.1) is 0 Å². The standard InChI is InChI=1S/C14H26O2/c1-9-10-6-7-12(2,3)11(9)8-13(4,15)14(10,5)16/h9-11,15-16H,6-8H2,1-5H3/t9-,10?,11?,13?,14?/m0/s1. The van der Waals surface area contributed by atoms with Crippen molar-refractivity contribution >= 4 is 0 Å². The van der Waals surface area contributed by atoms with Crippen molar-refractivity contribution < 1.29 is 10.2 Å². The van der Waals surface area contributed by atoms with Gasteiger partial charge in [-0.1, -0.05) is 20.8 Å². The first-order chi connectivity index (χ1) is 7.09. The first-order valence-corrected chi connectivity index (χ1v) is 6.54. The summed E-state index contributed by atoms with van der Waals surface area (Å²) in [6, 6.07) is 0. The third kappa shape index (κ3) is 1.46. The molecule has 2 saturated carbocycles. The maximum atomic E-state index is 10.6. The van der Waals surface area contributed by atoms with Gasteiger partial charge in [0.2, 0.25) is 0 Å². The average molecular weight is 226 g/mol. The Labute approximate surface area is 99.1 Å². The summed E-state index contributed by atoms with van der Waals surface area (Å²) in [6.45, 7) is 10.5. The van der Waals surface area contributed by atoms with Gasteiger partial charge in [0.15, 0.2) is 0 Å². The molecule has 0 heterocycles. The predicted octanol–water partition coefficient (Wildman–Crippen LogP) is 2.58. The molecular weight excluding hydrogens is 200 g/mol. The molecule has 0 saturated heterocycles. The highest BCUT2D eigenvalue weighted by molar-refractivity contribution is 5.10. The van der Waals surface area contributed by atoms with Crippen molar-refractivity contribution in [3.8, 4) is 0 Å². The van der Waals surface area contributed by atoms with Crippen LogP contribution in [0.4, 0.5) is 0 Å². The SMILES string of the molecule is C[C@@H]1C2CC(C)(O)C(C)(O)C1CCC2(C)C. The lowest BCUT2D eigenvalue weighted by molar-refractivity contribution is -0.239. The highest BCUT2D eigenvalue weighted by atomic mass is 16.4. The maximum absolute atomic E-state index is 10.6. The smallest absolute Gasteiger partial charge is 0.0933 e. The Bertz CT molecular complexity index is 289. The molecule has 0 aliphatic heterocycles. The zero-order valence-electron chi connectivity index (χ0n) is 11.2. The molecule has 94 valence electrons. The molecule has 16 heavy (non-hydrogen) atoms. The number of hydrogen-bond acceptors (Lipinski definition) is 2. The van der Waals surface area contributed by atoms with Gasteiger partial charge in [0.25, 0.3) is 0 Å². The van der Waals surface area contributed by atoms with Gasteiger partial charge in [0, 0.05) is 0 Å². The molecule has 2 aliphatic carbocycles. The summed E-state index contributed by atoms with van der Waals surface area (Å²) in [4.78, 5) is 0. The zero-order valence-corrected chi connectivity index (χ0v) is 11.2. The van der Waals surface area contributed by atoms with E-state index >= 15 is 0 Å². The van der Waals surface area contributed by atoms with Crippen LogP contribution in [0.5, 0.6) is 0 Å². The third-order valence-electron chi connectivity index (χ3n) is 5.80. The summed E-state index contributed by atoms with van der Waals surface area (Å²) in [5.74, 6) is 1.29. The number of aliphatic hydroxyl groups is 2. The molecule has 2 fully saturated rings. The lowest BCUT2D eigenvalue weighted by Gasteiger charge is -2.61. The molecule has 2 aliphatic rings. The molecule has 4 unspecified atom stereocenters. The van der Waals surface area contributed by atoms with Crippen LogP contribution in [0.1, 0.15) is 53.9 Å². The van der Waals surface area contributed by atoms with Crippen molar-refractivity contribution in [3.05, 3.63) is 0 Å². The summed E-state index contributed by atoms with van der Waals surface area (Å²) < 4.78 is 0. The minimum Gasteiger partial charge on any atom is -0.387 e. The van der Waals surface area contributed by atoms with Gasteiger partial charge in [-0.3, -0.25) is 0 Å². The number of hydrogen-bond donors (Lipinski definition) is 2. The minimum absolute atomic E-state index is 0.245. The normalized spacial score (nSPS) is 56.1. The Morgan fingerprint density at radius 1 is 1.00 bits per heavy atom.